The Morgan fingerprint density at radius 2 is 1.97 bits per heavy atom. The fourth-order valence-electron chi connectivity index (χ4n) is 4.29. The van der Waals surface area contributed by atoms with Crippen LogP contribution in [0.3, 0.4) is 0 Å². The molecule has 0 spiro atoms. The van der Waals surface area contributed by atoms with Crippen molar-refractivity contribution >= 4 is 28.7 Å². The molecule has 0 bridgehead atoms. The monoisotopic (exact) mass is 478 g/mol. The van der Waals surface area contributed by atoms with Crippen LogP contribution in [0, 0.1) is 0 Å². The third kappa shape index (κ3) is 4.38. The Morgan fingerprint density at radius 1 is 1.18 bits per heavy atom. The number of hydrogen-bond acceptors (Lipinski definition) is 6. The van der Waals surface area contributed by atoms with E-state index in [1.54, 1.807) is 30.0 Å². The Hall–Kier alpha value is -3.72. The van der Waals surface area contributed by atoms with Crippen LogP contribution in [-0.2, 0) is 6.54 Å². The highest BCUT2D eigenvalue weighted by atomic mass is 35.5. The molecular weight excluding hydrogens is 456 g/mol. The maximum atomic E-state index is 12.9. The quantitative estimate of drug-likeness (QED) is 0.472. The van der Waals surface area contributed by atoms with Crippen LogP contribution in [0.2, 0.25) is 5.02 Å². The number of methoxy groups -OCH3 is 1. The largest absolute Gasteiger partial charge is 0.497 e. The normalized spacial score (nSPS) is 14.5. The SMILES string of the molecule is COc1cccc(C(=O)N2CCC(c3nc4c(nnn4Cc4cccc(Cl)c4)c(=O)[nH]3)CC2)c1. The van der Waals surface area contributed by atoms with E-state index in [4.69, 9.17) is 21.3 Å². The summed E-state index contributed by atoms with van der Waals surface area (Å²) in [5.41, 5.74) is 1.87. The molecule has 1 aliphatic heterocycles. The number of fused-ring (bicyclic) bond motifs is 1. The molecule has 10 heteroatoms. The number of likely N-dealkylation sites (tertiary alicyclic amines) is 1. The molecule has 174 valence electrons. The summed E-state index contributed by atoms with van der Waals surface area (Å²) in [5.74, 6) is 1.25. The van der Waals surface area contributed by atoms with Gasteiger partial charge in [0.2, 0.25) is 0 Å². The number of carbonyl (C=O) groups excluding carboxylic acids is 1. The van der Waals surface area contributed by atoms with Crippen LogP contribution in [0.25, 0.3) is 11.2 Å². The minimum absolute atomic E-state index is 0.0287. The molecule has 0 atom stereocenters. The third-order valence-corrected chi connectivity index (χ3v) is 6.33. The molecular formula is C24H23ClN6O3. The first-order valence-electron chi connectivity index (χ1n) is 11.0. The van der Waals surface area contributed by atoms with Crippen LogP contribution in [-0.4, -0.2) is 56.0 Å². The Kier molecular flexibility index (Phi) is 6.02. The number of benzene rings is 2. The van der Waals surface area contributed by atoms with Crippen LogP contribution in [0.4, 0.5) is 0 Å². The van der Waals surface area contributed by atoms with Crippen molar-refractivity contribution in [2.24, 2.45) is 0 Å². The van der Waals surface area contributed by atoms with E-state index in [1.807, 2.05) is 35.2 Å². The molecule has 1 aliphatic rings. The van der Waals surface area contributed by atoms with Gasteiger partial charge in [0.1, 0.15) is 11.6 Å². The molecule has 1 saturated heterocycles. The molecule has 0 unspecified atom stereocenters. The number of H-pyrrole nitrogens is 1. The lowest BCUT2D eigenvalue weighted by molar-refractivity contribution is 0.0710. The standard InChI is InChI=1S/C24H23ClN6O3/c1-34-19-7-3-5-17(13-19)24(33)30-10-8-16(9-11-30)21-26-22-20(23(32)27-21)28-29-31(22)14-15-4-2-6-18(25)12-15/h2-7,12-13,16H,8-11,14H2,1H3,(H,26,27,32). The molecule has 5 rings (SSSR count). The predicted octanol–water partition coefficient (Wildman–Crippen LogP) is 3.24. The molecule has 3 heterocycles. The molecule has 1 amide bonds. The number of hydrogen-bond donors (Lipinski definition) is 1. The van der Waals surface area contributed by atoms with Gasteiger partial charge in [-0.2, -0.15) is 0 Å². The number of amides is 1. The van der Waals surface area contributed by atoms with E-state index in [0.717, 1.165) is 5.56 Å². The maximum absolute atomic E-state index is 12.9. The Bertz CT molecular complexity index is 1410. The van der Waals surface area contributed by atoms with Crippen LogP contribution in [0.1, 0.15) is 40.5 Å². The molecule has 9 nitrogen and oxygen atoms in total. The number of carbonyl (C=O) groups is 1. The molecule has 0 radical (unpaired) electrons. The summed E-state index contributed by atoms with van der Waals surface area (Å²) in [7, 11) is 1.58. The average Bonchev–Trinajstić information content (AvgIpc) is 3.27. The Balaban J connectivity index is 1.34. The van der Waals surface area contributed by atoms with Gasteiger partial charge >= 0.3 is 0 Å². The summed E-state index contributed by atoms with van der Waals surface area (Å²) in [5, 5.41) is 8.77. The van der Waals surface area contributed by atoms with Crippen molar-refractivity contribution in [2.75, 3.05) is 20.2 Å². The predicted molar refractivity (Wildman–Crippen MR) is 127 cm³/mol. The fourth-order valence-corrected chi connectivity index (χ4v) is 4.50. The topological polar surface area (TPSA) is 106 Å². The average molecular weight is 479 g/mol. The molecule has 1 N–H and O–H groups in total. The number of aromatic nitrogens is 5. The van der Waals surface area contributed by atoms with Crippen LogP contribution in [0.15, 0.2) is 53.3 Å². The van der Waals surface area contributed by atoms with Crippen molar-refractivity contribution in [1.29, 1.82) is 0 Å². The smallest absolute Gasteiger partial charge is 0.281 e. The van der Waals surface area contributed by atoms with Crippen molar-refractivity contribution in [2.45, 2.75) is 25.3 Å². The van der Waals surface area contributed by atoms with Gasteiger partial charge in [-0.1, -0.05) is 35.0 Å². The van der Waals surface area contributed by atoms with Crippen molar-refractivity contribution in [3.8, 4) is 5.75 Å². The van der Waals surface area contributed by atoms with Crippen LogP contribution < -0.4 is 10.3 Å². The van der Waals surface area contributed by atoms with Gasteiger partial charge < -0.3 is 14.6 Å². The first kappa shape index (κ1) is 22.1. The number of halogens is 1. The van der Waals surface area contributed by atoms with Gasteiger partial charge in [-0.25, -0.2) is 9.67 Å². The lowest BCUT2D eigenvalue weighted by Gasteiger charge is -2.31. The minimum atomic E-state index is -0.313. The molecule has 1 fully saturated rings. The third-order valence-electron chi connectivity index (χ3n) is 6.10. The zero-order valence-corrected chi connectivity index (χ0v) is 19.3. The van der Waals surface area contributed by atoms with Crippen molar-refractivity contribution < 1.29 is 9.53 Å². The van der Waals surface area contributed by atoms with Gasteiger partial charge in [-0.3, -0.25) is 9.59 Å². The van der Waals surface area contributed by atoms with Crippen molar-refractivity contribution in [3.05, 3.63) is 80.9 Å². The first-order chi connectivity index (χ1) is 16.5. The van der Waals surface area contributed by atoms with E-state index >= 15 is 0 Å². The zero-order chi connectivity index (χ0) is 23.7. The van der Waals surface area contributed by atoms with Crippen molar-refractivity contribution in [1.82, 2.24) is 29.9 Å². The number of nitrogens with one attached hydrogen (secondary N) is 1. The lowest BCUT2D eigenvalue weighted by Crippen LogP contribution is -2.38. The molecule has 4 aromatic rings. The van der Waals surface area contributed by atoms with E-state index < -0.39 is 0 Å². The Labute approximate surface area is 200 Å². The van der Waals surface area contributed by atoms with E-state index in [2.05, 4.69) is 15.3 Å². The molecule has 34 heavy (non-hydrogen) atoms. The maximum Gasteiger partial charge on any atom is 0.281 e. The lowest BCUT2D eigenvalue weighted by atomic mass is 9.95. The van der Waals surface area contributed by atoms with E-state index in [-0.39, 0.29) is 22.9 Å². The first-order valence-corrected chi connectivity index (χ1v) is 11.4. The van der Waals surface area contributed by atoms with Crippen molar-refractivity contribution in [3.63, 3.8) is 0 Å². The molecule has 0 aliphatic carbocycles. The number of piperidine rings is 1. The summed E-state index contributed by atoms with van der Waals surface area (Å²) in [6.45, 7) is 1.55. The fraction of sp³-hybridized carbons (Fsp3) is 0.292. The van der Waals surface area contributed by atoms with Gasteiger partial charge in [0.05, 0.1) is 13.7 Å². The summed E-state index contributed by atoms with van der Waals surface area (Å²) in [6.07, 6.45) is 1.39. The van der Waals surface area contributed by atoms with Gasteiger partial charge in [-0.15, -0.1) is 5.10 Å². The summed E-state index contributed by atoms with van der Waals surface area (Å²) < 4.78 is 6.84. The highest BCUT2D eigenvalue weighted by molar-refractivity contribution is 6.30. The van der Waals surface area contributed by atoms with E-state index in [9.17, 15) is 9.59 Å². The minimum Gasteiger partial charge on any atom is -0.497 e. The highest BCUT2D eigenvalue weighted by Gasteiger charge is 2.27. The second-order valence-corrected chi connectivity index (χ2v) is 8.74. The van der Waals surface area contributed by atoms with E-state index in [0.29, 0.717) is 60.3 Å². The van der Waals surface area contributed by atoms with E-state index in [1.165, 1.54) is 0 Å². The van der Waals surface area contributed by atoms with Gasteiger partial charge in [-0.05, 0) is 48.7 Å². The highest BCUT2D eigenvalue weighted by Crippen LogP contribution is 2.27. The molecule has 0 saturated carbocycles. The van der Waals surface area contributed by atoms with Gasteiger partial charge in [0.15, 0.2) is 11.2 Å². The second-order valence-electron chi connectivity index (χ2n) is 8.30. The van der Waals surface area contributed by atoms with Crippen LogP contribution >= 0.6 is 11.6 Å². The molecule has 2 aromatic heterocycles. The number of aromatic amines is 1. The van der Waals surface area contributed by atoms with Gasteiger partial charge in [0.25, 0.3) is 11.5 Å². The summed E-state index contributed by atoms with van der Waals surface area (Å²) >= 11 is 6.09. The Morgan fingerprint density at radius 3 is 2.74 bits per heavy atom. The summed E-state index contributed by atoms with van der Waals surface area (Å²) in [4.78, 5) is 35.0. The number of rotatable bonds is 5. The number of ether oxygens (including phenoxy) is 1. The number of nitrogens with zero attached hydrogens (tertiary/aromatic N) is 5. The second kappa shape index (κ2) is 9.26. The zero-order valence-electron chi connectivity index (χ0n) is 18.6. The van der Waals surface area contributed by atoms with Crippen LogP contribution in [0.5, 0.6) is 5.75 Å². The van der Waals surface area contributed by atoms with Gasteiger partial charge in [0, 0.05) is 29.6 Å². The summed E-state index contributed by atoms with van der Waals surface area (Å²) in [6, 6.07) is 14.6. The molecule has 2 aromatic carbocycles.